The Kier molecular flexibility index (Phi) is 4.14. The number of urea groups is 1. The number of nitrogens with one attached hydrogen (secondary N) is 2. The molecule has 114 valence electrons. The van der Waals surface area contributed by atoms with Gasteiger partial charge in [0.05, 0.1) is 6.04 Å². The fraction of sp³-hybridized carbons (Fsp3) is 0.600. The molecule has 1 aromatic rings. The van der Waals surface area contributed by atoms with Gasteiger partial charge < -0.3 is 15.5 Å². The molecule has 1 aromatic heterocycles. The number of rotatable bonds is 5. The van der Waals surface area contributed by atoms with E-state index in [1.807, 2.05) is 10.3 Å². The van der Waals surface area contributed by atoms with Crippen molar-refractivity contribution in [2.24, 2.45) is 0 Å². The third-order valence-electron chi connectivity index (χ3n) is 4.16. The van der Waals surface area contributed by atoms with Gasteiger partial charge in [0.2, 0.25) is 5.91 Å². The molecule has 2 heterocycles. The van der Waals surface area contributed by atoms with Crippen molar-refractivity contribution in [1.29, 1.82) is 0 Å². The molecule has 5 nitrogen and oxygen atoms in total. The summed E-state index contributed by atoms with van der Waals surface area (Å²) in [5, 5.41) is 9.96. The lowest BCUT2D eigenvalue weighted by Gasteiger charge is -2.17. The van der Waals surface area contributed by atoms with Gasteiger partial charge in [0.15, 0.2) is 0 Å². The van der Waals surface area contributed by atoms with Gasteiger partial charge in [-0.15, -0.1) is 0 Å². The second-order valence-electron chi connectivity index (χ2n) is 5.99. The third-order valence-corrected chi connectivity index (χ3v) is 4.86. The Morgan fingerprint density at radius 2 is 2.33 bits per heavy atom. The van der Waals surface area contributed by atoms with Crippen molar-refractivity contribution in [3.05, 3.63) is 22.4 Å². The SMILES string of the molecule is C[C@@H](CNC(=O)N[C@@H]1CC(=O)N(C2CC2)C1)c1ccsc1. The minimum absolute atomic E-state index is 0.0467. The summed E-state index contributed by atoms with van der Waals surface area (Å²) in [6.45, 7) is 3.36. The first-order valence-corrected chi connectivity index (χ1v) is 8.43. The van der Waals surface area contributed by atoms with Crippen molar-refractivity contribution < 1.29 is 9.59 Å². The topological polar surface area (TPSA) is 61.4 Å². The zero-order chi connectivity index (χ0) is 14.8. The van der Waals surface area contributed by atoms with E-state index in [0.717, 1.165) is 12.8 Å². The average molecular weight is 307 g/mol. The lowest BCUT2D eigenvalue weighted by Crippen LogP contribution is -2.44. The number of amides is 3. The Morgan fingerprint density at radius 3 is 3.00 bits per heavy atom. The van der Waals surface area contributed by atoms with Crippen LogP contribution in [0.25, 0.3) is 0 Å². The Balaban J connectivity index is 1.41. The maximum Gasteiger partial charge on any atom is 0.315 e. The van der Waals surface area contributed by atoms with Crippen molar-refractivity contribution in [1.82, 2.24) is 15.5 Å². The van der Waals surface area contributed by atoms with E-state index in [0.29, 0.717) is 31.5 Å². The zero-order valence-corrected chi connectivity index (χ0v) is 13.0. The molecule has 0 radical (unpaired) electrons. The van der Waals surface area contributed by atoms with Crippen LogP contribution in [-0.4, -0.2) is 42.0 Å². The second kappa shape index (κ2) is 6.05. The summed E-state index contributed by atoms with van der Waals surface area (Å²) in [5.41, 5.74) is 1.25. The van der Waals surface area contributed by atoms with E-state index in [1.54, 1.807) is 11.3 Å². The Morgan fingerprint density at radius 1 is 1.52 bits per heavy atom. The van der Waals surface area contributed by atoms with Crippen LogP contribution < -0.4 is 10.6 Å². The minimum atomic E-state index is -0.174. The maximum atomic E-state index is 11.9. The van der Waals surface area contributed by atoms with Crippen molar-refractivity contribution in [3.8, 4) is 0 Å². The van der Waals surface area contributed by atoms with E-state index >= 15 is 0 Å². The molecule has 0 aromatic carbocycles. The van der Waals surface area contributed by atoms with E-state index in [1.165, 1.54) is 5.56 Å². The number of hydrogen-bond donors (Lipinski definition) is 2. The number of nitrogens with zero attached hydrogens (tertiary/aromatic N) is 1. The Bertz CT molecular complexity index is 513. The molecule has 1 saturated heterocycles. The summed E-state index contributed by atoms with van der Waals surface area (Å²) in [7, 11) is 0. The van der Waals surface area contributed by atoms with Crippen LogP contribution in [-0.2, 0) is 4.79 Å². The van der Waals surface area contributed by atoms with Crippen molar-refractivity contribution in [3.63, 3.8) is 0 Å². The van der Waals surface area contributed by atoms with Crippen LogP contribution in [0.2, 0.25) is 0 Å². The van der Waals surface area contributed by atoms with Crippen LogP contribution in [0.3, 0.4) is 0 Å². The monoisotopic (exact) mass is 307 g/mol. The third kappa shape index (κ3) is 3.56. The summed E-state index contributed by atoms with van der Waals surface area (Å²) < 4.78 is 0. The van der Waals surface area contributed by atoms with Gasteiger partial charge in [-0.25, -0.2) is 4.79 Å². The molecule has 0 bridgehead atoms. The molecule has 2 aliphatic rings. The molecule has 1 aliphatic carbocycles. The van der Waals surface area contributed by atoms with E-state index in [9.17, 15) is 9.59 Å². The molecule has 1 saturated carbocycles. The molecule has 2 N–H and O–H groups in total. The van der Waals surface area contributed by atoms with Gasteiger partial charge in [-0.3, -0.25) is 4.79 Å². The lowest BCUT2D eigenvalue weighted by molar-refractivity contribution is -0.128. The standard InChI is InChI=1S/C15H21N3O2S/c1-10(11-4-5-21-9-11)7-16-15(20)17-12-6-14(19)18(8-12)13-2-3-13/h4-5,9-10,12-13H,2-3,6-8H2,1H3,(H2,16,17,20)/t10-,12+/m0/s1. The highest BCUT2D eigenvalue weighted by atomic mass is 32.1. The van der Waals surface area contributed by atoms with E-state index in [4.69, 9.17) is 0 Å². The number of carbonyl (C=O) groups is 2. The van der Waals surface area contributed by atoms with Gasteiger partial charge in [0, 0.05) is 25.6 Å². The van der Waals surface area contributed by atoms with Gasteiger partial charge in [-0.2, -0.15) is 11.3 Å². The number of thiophene rings is 1. The number of carbonyl (C=O) groups excluding carboxylic acids is 2. The highest BCUT2D eigenvalue weighted by Gasteiger charge is 2.39. The first kappa shape index (κ1) is 14.4. The van der Waals surface area contributed by atoms with Crippen molar-refractivity contribution in [2.75, 3.05) is 13.1 Å². The van der Waals surface area contributed by atoms with Gasteiger partial charge in [0.1, 0.15) is 0 Å². The second-order valence-corrected chi connectivity index (χ2v) is 6.77. The highest BCUT2D eigenvalue weighted by Crippen LogP contribution is 2.30. The van der Waals surface area contributed by atoms with E-state index < -0.39 is 0 Å². The summed E-state index contributed by atoms with van der Waals surface area (Å²) in [6.07, 6.45) is 2.66. The van der Waals surface area contributed by atoms with E-state index in [2.05, 4.69) is 29.0 Å². The number of likely N-dealkylation sites (tertiary alicyclic amines) is 1. The molecular weight excluding hydrogens is 286 g/mol. The normalized spacial score (nSPS) is 23.2. The summed E-state index contributed by atoms with van der Waals surface area (Å²) in [5.74, 6) is 0.476. The molecule has 3 amide bonds. The molecule has 6 heteroatoms. The fourth-order valence-corrected chi connectivity index (χ4v) is 3.51. The predicted octanol–water partition coefficient (Wildman–Crippen LogP) is 1.91. The van der Waals surface area contributed by atoms with Crippen molar-refractivity contribution >= 4 is 23.3 Å². The molecule has 21 heavy (non-hydrogen) atoms. The summed E-state index contributed by atoms with van der Waals surface area (Å²) in [4.78, 5) is 25.7. The van der Waals surface area contributed by atoms with Crippen LogP contribution in [0.1, 0.15) is 37.7 Å². The number of hydrogen-bond acceptors (Lipinski definition) is 3. The Hall–Kier alpha value is -1.56. The molecule has 2 atom stereocenters. The largest absolute Gasteiger partial charge is 0.338 e. The van der Waals surface area contributed by atoms with Gasteiger partial charge in [-0.1, -0.05) is 6.92 Å². The van der Waals surface area contributed by atoms with Crippen LogP contribution in [0.5, 0.6) is 0 Å². The smallest absolute Gasteiger partial charge is 0.315 e. The minimum Gasteiger partial charge on any atom is -0.338 e. The molecule has 0 spiro atoms. The molecule has 2 fully saturated rings. The van der Waals surface area contributed by atoms with Gasteiger partial charge >= 0.3 is 6.03 Å². The van der Waals surface area contributed by atoms with Crippen LogP contribution >= 0.6 is 11.3 Å². The first-order chi connectivity index (χ1) is 10.1. The quantitative estimate of drug-likeness (QED) is 0.873. The molecular formula is C15H21N3O2S. The first-order valence-electron chi connectivity index (χ1n) is 7.49. The molecule has 3 rings (SSSR count). The molecule has 0 unspecified atom stereocenters. The highest BCUT2D eigenvalue weighted by molar-refractivity contribution is 7.07. The van der Waals surface area contributed by atoms with Gasteiger partial charge in [-0.05, 0) is 41.1 Å². The molecule has 1 aliphatic heterocycles. The van der Waals surface area contributed by atoms with Crippen LogP contribution in [0, 0.1) is 0 Å². The van der Waals surface area contributed by atoms with Gasteiger partial charge in [0.25, 0.3) is 0 Å². The van der Waals surface area contributed by atoms with Crippen LogP contribution in [0.15, 0.2) is 16.8 Å². The maximum absolute atomic E-state index is 11.9. The predicted molar refractivity (Wildman–Crippen MR) is 82.4 cm³/mol. The zero-order valence-electron chi connectivity index (χ0n) is 12.2. The summed E-state index contributed by atoms with van der Waals surface area (Å²) >= 11 is 1.67. The lowest BCUT2D eigenvalue weighted by atomic mass is 10.1. The van der Waals surface area contributed by atoms with Crippen LogP contribution in [0.4, 0.5) is 4.79 Å². The van der Waals surface area contributed by atoms with E-state index in [-0.39, 0.29) is 18.0 Å². The average Bonchev–Trinajstić information content (AvgIpc) is 3.01. The summed E-state index contributed by atoms with van der Waals surface area (Å²) in [6, 6.07) is 2.30. The Labute approximate surface area is 128 Å². The van der Waals surface area contributed by atoms with Crippen molar-refractivity contribution in [2.45, 2.75) is 44.2 Å². The fourth-order valence-electron chi connectivity index (χ4n) is 2.72.